The van der Waals surface area contributed by atoms with Gasteiger partial charge in [-0.1, -0.05) is 42.5 Å². The molecule has 2 heterocycles. The average molecular weight is 537 g/mol. The number of ether oxygens (including phenoxy) is 1. The van der Waals surface area contributed by atoms with Gasteiger partial charge in [0.2, 0.25) is 0 Å². The van der Waals surface area contributed by atoms with Crippen LogP contribution in [-0.4, -0.2) is 41.8 Å². The lowest BCUT2D eigenvalue weighted by molar-refractivity contribution is -0.137. The van der Waals surface area contributed by atoms with Gasteiger partial charge >= 0.3 is 6.18 Å². The molecule has 3 aromatic rings. The number of ketones is 1. The summed E-state index contributed by atoms with van der Waals surface area (Å²) in [5, 5.41) is 0. The summed E-state index contributed by atoms with van der Waals surface area (Å²) < 4.78 is 44.4. The summed E-state index contributed by atoms with van der Waals surface area (Å²) in [6.07, 6.45) is -0.915. The van der Waals surface area contributed by atoms with Gasteiger partial charge in [-0.2, -0.15) is 13.2 Å². The molecule has 0 aliphatic carbocycles. The average Bonchev–Trinajstić information content (AvgIpc) is 3.14. The Morgan fingerprint density at radius 1 is 0.846 bits per heavy atom. The molecule has 1 saturated heterocycles. The highest BCUT2D eigenvalue weighted by Crippen LogP contribution is 2.30. The first-order valence-corrected chi connectivity index (χ1v) is 13.8. The van der Waals surface area contributed by atoms with Gasteiger partial charge < -0.3 is 4.74 Å². The molecule has 0 aromatic heterocycles. The Balaban J connectivity index is 1.09. The largest absolute Gasteiger partial charge is 0.492 e. The number of hydrogen-bond acceptors (Lipinski definition) is 4. The number of carbonyl (C=O) groups excluding carboxylic acids is 1. The smallest absolute Gasteiger partial charge is 0.416 e. The lowest BCUT2D eigenvalue weighted by Gasteiger charge is -2.32. The van der Waals surface area contributed by atoms with Crippen LogP contribution in [0.25, 0.3) is 0 Å². The van der Waals surface area contributed by atoms with Crippen molar-refractivity contribution in [2.45, 2.75) is 51.5 Å². The SMILES string of the molecule is O=C(CCC1CCN(Cc2ccc(C(F)(F)F)cc2)CC1)c1ccc2c(c1)CN(Cc1ccccc1)CCO2. The van der Waals surface area contributed by atoms with Crippen molar-refractivity contribution in [2.24, 2.45) is 5.92 Å². The second-order valence-corrected chi connectivity index (χ2v) is 10.7. The Morgan fingerprint density at radius 2 is 1.54 bits per heavy atom. The minimum atomic E-state index is -4.30. The molecule has 7 heteroatoms. The highest BCUT2D eigenvalue weighted by molar-refractivity contribution is 5.96. The molecule has 0 radical (unpaired) electrons. The number of likely N-dealkylation sites (tertiary alicyclic amines) is 1. The number of alkyl halides is 3. The first kappa shape index (κ1) is 27.4. The zero-order valence-corrected chi connectivity index (χ0v) is 22.1. The highest BCUT2D eigenvalue weighted by atomic mass is 19.4. The van der Waals surface area contributed by atoms with Crippen molar-refractivity contribution in [3.8, 4) is 5.75 Å². The fraction of sp³-hybridized carbons (Fsp3) is 0.406. The van der Waals surface area contributed by atoms with Gasteiger partial charge in [-0.25, -0.2) is 0 Å². The second-order valence-electron chi connectivity index (χ2n) is 10.7. The molecule has 1 fully saturated rings. The summed E-state index contributed by atoms with van der Waals surface area (Å²) in [7, 11) is 0. The lowest BCUT2D eigenvalue weighted by atomic mass is 9.90. The minimum Gasteiger partial charge on any atom is -0.492 e. The summed E-state index contributed by atoms with van der Waals surface area (Å²) in [6, 6.07) is 21.7. The van der Waals surface area contributed by atoms with E-state index in [1.54, 1.807) is 12.1 Å². The zero-order chi connectivity index (χ0) is 27.2. The van der Waals surface area contributed by atoms with E-state index >= 15 is 0 Å². The van der Waals surface area contributed by atoms with Gasteiger partial charge in [0.25, 0.3) is 0 Å². The number of nitrogens with zero attached hydrogens (tertiary/aromatic N) is 2. The van der Waals surface area contributed by atoms with E-state index in [9.17, 15) is 18.0 Å². The fourth-order valence-electron chi connectivity index (χ4n) is 5.57. The van der Waals surface area contributed by atoms with Gasteiger partial charge in [0.05, 0.1) is 5.56 Å². The van der Waals surface area contributed by atoms with Crippen LogP contribution >= 0.6 is 0 Å². The predicted molar refractivity (Wildman–Crippen MR) is 146 cm³/mol. The standard InChI is InChI=1S/C32H35F3N2O2/c33-32(34,35)29-10-6-26(7-11-29)21-36-16-14-24(15-17-36)8-12-30(38)27-9-13-31-28(20-27)23-37(18-19-39-31)22-25-4-2-1-3-5-25/h1-7,9-11,13,20,24H,8,12,14-19,21-23H2. The minimum absolute atomic E-state index is 0.170. The summed E-state index contributed by atoms with van der Waals surface area (Å²) in [5.41, 5.74) is 3.36. The Bertz CT molecular complexity index is 1240. The van der Waals surface area contributed by atoms with Crippen LogP contribution in [0.15, 0.2) is 72.8 Å². The van der Waals surface area contributed by atoms with Gasteiger partial charge in [-0.15, -0.1) is 0 Å². The molecular formula is C32H35F3N2O2. The molecule has 2 aliphatic rings. The molecule has 0 bridgehead atoms. The number of rotatable bonds is 8. The summed E-state index contributed by atoms with van der Waals surface area (Å²) in [6.45, 7) is 5.51. The number of piperidine rings is 1. The number of halogens is 3. The number of carbonyl (C=O) groups is 1. The second kappa shape index (κ2) is 12.3. The van der Waals surface area contributed by atoms with Crippen LogP contribution in [0.4, 0.5) is 13.2 Å². The van der Waals surface area contributed by atoms with E-state index in [0.29, 0.717) is 25.5 Å². The number of benzene rings is 3. The van der Waals surface area contributed by atoms with E-state index in [2.05, 4.69) is 34.1 Å². The zero-order valence-electron chi connectivity index (χ0n) is 22.1. The van der Waals surface area contributed by atoms with Crippen LogP contribution in [-0.2, 0) is 25.8 Å². The van der Waals surface area contributed by atoms with Crippen molar-refractivity contribution >= 4 is 5.78 Å². The Labute approximate surface area is 228 Å². The third-order valence-corrected chi connectivity index (χ3v) is 7.86. The van der Waals surface area contributed by atoms with Crippen molar-refractivity contribution in [2.75, 3.05) is 26.2 Å². The number of fused-ring (bicyclic) bond motifs is 1. The fourth-order valence-corrected chi connectivity index (χ4v) is 5.57. The van der Waals surface area contributed by atoms with E-state index in [0.717, 1.165) is 86.6 Å². The molecule has 39 heavy (non-hydrogen) atoms. The van der Waals surface area contributed by atoms with Crippen molar-refractivity contribution in [3.05, 3.63) is 101 Å². The van der Waals surface area contributed by atoms with Gasteiger partial charge in [0, 0.05) is 43.7 Å². The lowest BCUT2D eigenvalue weighted by Crippen LogP contribution is -2.33. The van der Waals surface area contributed by atoms with Gasteiger partial charge in [0.1, 0.15) is 12.4 Å². The molecule has 2 aliphatic heterocycles. The van der Waals surface area contributed by atoms with Crippen LogP contribution in [0.2, 0.25) is 0 Å². The maximum atomic E-state index is 13.1. The molecule has 0 unspecified atom stereocenters. The summed E-state index contributed by atoms with van der Waals surface area (Å²) in [4.78, 5) is 17.7. The monoisotopic (exact) mass is 536 g/mol. The van der Waals surface area contributed by atoms with E-state index in [1.165, 1.54) is 5.56 Å². The number of Topliss-reactive ketones (excluding diaryl/α,β-unsaturated/α-hetero) is 1. The first-order valence-electron chi connectivity index (χ1n) is 13.8. The van der Waals surface area contributed by atoms with Gasteiger partial charge in [0.15, 0.2) is 5.78 Å². The van der Waals surface area contributed by atoms with Crippen LogP contribution in [0, 0.1) is 5.92 Å². The topological polar surface area (TPSA) is 32.8 Å². The Hall–Kier alpha value is -3.16. The van der Waals surface area contributed by atoms with E-state index in [4.69, 9.17) is 4.74 Å². The normalized spacial score (nSPS) is 17.3. The van der Waals surface area contributed by atoms with Gasteiger partial charge in [-0.3, -0.25) is 14.6 Å². The first-order chi connectivity index (χ1) is 18.8. The predicted octanol–water partition coefficient (Wildman–Crippen LogP) is 6.98. The molecule has 0 amide bonds. The molecule has 0 spiro atoms. The van der Waals surface area contributed by atoms with Crippen LogP contribution in [0.5, 0.6) is 5.75 Å². The maximum Gasteiger partial charge on any atom is 0.416 e. The van der Waals surface area contributed by atoms with E-state index in [-0.39, 0.29) is 5.78 Å². The van der Waals surface area contributed by atoms with Gasteiger partial charge in [-0.05, 0) is 79.7 Å². The number of hydrogen-bond donors (Lipinski definition) is 0. The molecule has 0 N–H and O–H groups in total. The Morgan fingerprint density at radius 3 is 2.26 bits per heavy atom. The molecule has 206 valence electrons. The third kappa shape index (κ3) is 7.49. The van der Waals surface area contributed by atoms with E-state index < -0.39 is 11.7 Å². The molecule has 0 atom stereocenters. The van der Waals surface area contributed by atoms with E-state index in [1.807, 2.05) is 24.3 Å². The quantitative estimate of drug-likeness (QED) is 0.291. The molecule has 0 saturated carbocycles. The molecular weight excluding hydrogens is 501 g/mol. The summed E-state index contributed by atoms with van der Waals surface area (Å²) >= 11 is 0. The van der Waals surface area contributed by atoms with Crippen molar-refractivity contribution in [1.82, 2.24) is 9.80 Å². The van der Waals surface area contributed by atoms with Crippen LogP contribution in [0.3, 0.4) is 0 Å². The summed E-state index contributed by atoms with van der Waals surface area (Å²) in [5.74, 6) is 1.52. The highest BCUT2D eigenvalue weighted by Gasteiger charge is 2.30. The molecule has 3 aromatic carbocycles. The van der Waals surface area contributed by atoms with Crippen molar-refractivity contribution in [3.63, 3.8) is 0 Å². The van der Waals surface area contributed by atoms with Crippen molar-refractivity contribution < 1.29 is 22.7 Å². The van der Waals surface area contributed by atoms with Crippen LogP contribution in [0.1, 0.15) is 58.3 Å². The Kier molecular flexibility index (Phi) is 8.68. The molecule has 4 nitrogen and oxygen atoms in total. The maximum absolute atomic E-state index is 13.1. The third-order valence-electron chi connectivity index (χ3n) is 7.86. The van der Waals surface area contributed by atoms with Crippen LogP contribution < -0.4 is 4.74 Å². The van der Waals surface area contributed by atoms with Crippen molar-refractivity contribution in [1.29, 1.82) is 0 Å². The molecule has 5 rings (SSSR count).